The van der Waals surface area contributed by atoms with Crippen molar-refractivity contribution >= 4 is 17.5 Å². The zero-order valence-electron chi connectivity index (χ0n) is 10.7. The van der Waals surface area contributed by atoms with Crippen LogP contribution in [0.5, 0.6) is 0 Å². The Labute approximate surface area is 107 Å². The molecule has 1 aromatic carbocycles. The lowest BCUT2D eigenvalue weighted by Crippen LogP contribution is -2.47. The summed E-state index contributed by atoms with van der Waals surface area (Å²) in [4.78, 5) is 25.1. The molecule has 0 atom stereocenters. The first-order valence-corrected chi connectivity index (χ1v) is 6.23. The third-order valence-electron chi connectivity index (χ3n) is 3.14. The van der Waals surface area contributed by atoms with Crippen LogP contribution in [0.2, 0.25) is 0 Å². The number of nitrogens with zero attached hydrogens (tertiary/aromatic N) is 1. The number of carbonyl (C=O) groups excluding carboxylic acids is 2. The highest BCUT2D eigenvalue weighted by Gasteiger charge is 2.30. The number of ether oxygens (including phenoxy) is 1. The molecule has 4 nitrogen and oxygen atoms in total. The third kappa shape index (κ3) is 2.16. The molecule has 1 aliphatic heterocycles. The molecule has 1 saturated heterocycles. The van der Waals surface area contributed by atoms with Crippen LogP contribution >= 0.6 is 0 Å². The molecule has 0 aliphatic carbocycles. The highest BCUT2D eigenvalue weighted by Crippen LogP contribution is 2.28. The lowest BCUT2D eigenvalue weighted by Gasteiger charge is -2.28. The van der Waals surface area contributed by atoms with Crippen LogP contribution in [0.25, 0.3) is 0 Å². The third-order valence-corrected chi connectivity index (χ3v) is 3.14. The van der Waals surface area contributed by atoms with Gasteiger partial charge in [-0.15, -0.1) is 0 Å². The molecule has 1 heterocycles. The SMILES string of the molecule is CCc1cccc(CC)c1N1C(=O)COCC1=O. The lowest BCUT2D eigenvalue weighted by atomic mass is 10.0. The number of hydrogen-bond donors (Lipinski definition) is 0. The van der Waals surface area contributed by atoms with Gasteiger partial charge in [0, 0.05) is 0 Å². The van der Waals surface area contributed by atoms with Crippen molar-refractivity contribution < 1.29 is 14.3 Å². The molecule has 0 spiro atoms. The number of hydrogen-bond acceptors (Lipinski definition) is 3. The van der Waals surface area contributed by atoms with E-state index in [1.165, 1.54) is 4.90 Å². The molecule has 0 radical (unpaired) electrons. The summed E-state index contributed by atoms with van der Waals surface area (Å²) in [7, 11) is 0. The molecular formula is C14H17NO3. The summed E-state index contributed by atoms with van der Waals surface area (Å²) in [5.41, 5.74) is 2.82. The minimum atomic E-state index is -0.276. The van der Waals surface area contributed by atoms with Gasteiger partial charge in [0.25, 0.3) is 11.8 Å². The molecule has 0 N–H and O–H groups in total. The summed E-state index contributed by atoms with van der Waals surface area (Å²) in [6, 6.07) is 5.89. The van der Waals surface area contributed by atoms with Gasteiger partial charge in [0.05, 0.1) is 5.69 Å². The summed E-state index contributed by atoms with van der Waals surface area (Å²) < 4.78 is 4.95. The molecule has 2 amide bonds. The van der Waals surface area contributed by atoms with Crippen molar-refractivity contribution in [3.05, 3.63) is 29.3 Å². The average Bonchev–Trinajstić information content (AvgIpc) is 2.38. The summed E-state index contributed by atoms with van der Waals surface area (Å²) in [6.07, 6.45) is 1.59. The van der Waals surface area contributed by atoms with E-state index in [-0.39, 0.29) is 25.0 Å². The summed E-state index contributed by atoms with van der Waals surface area (Å²) in [5.74, 6) is -0.552. The zero-order valence-corrected chi connectivity index (χ0v) is 10.7. The second-order valence-corrected chi connectivity index (χ2v) is 4.25. The molecule has 1 aromatic rings. The Hall–Kier alpha value is -1.68. The maximum Gasteiger partial charge on any atom is 0.259 e. The number of rotatable bonds is 3. The van der Waals surface area contributed by atoms with E-state index >= 15 is 0 Å². The second kappa shape index (κ2) is 5.31. The number of amides is 2. The largest absolute Gasteiger partial charge is 0.362 e. The van der Waals surface area contributed by atoms with Gasteiger partial charge in [-0.3, -0.25) is 9.59 Å². The van der Waals surface area contributed by atoms with Gasteiger partial charge in [-0.1, -0.05) is 32.0 Å². The van der Waals surface area contributed by atoms with Gasteiger partial charge in [-0.25, -0.2) is 4.90 Å². The van der Waals surface area contributed by atoms with E-state index in [4.69, 9.17) is 4.74 Å². The van der Waals surface area contributed by atoms with E-state index < -0.39 is 0 Å². The van der Waals surface area contributed by atoms with Crippen LogP contribution in [0.15, 0.2) is 18.2 Å². The van der Waals surface area contributed by atoms with Gasteiger partial charge in [0.15, 0.2) is 0 Å². The van der Waals surface area contributed by atoms with E-state index in [0.29, 0.717) is 0 Å². The fraction of sp³-hybridized carbons (Fsp3) is 0.429. The van der Waals surface area contributed by atoms with Crippen LogP contribution in [0.1, 0.15) is 25.0 Å². The Morgan fingerprint density at radius 1 is 1.06 bits per heavy atom. The zero-order chi connectivity index (χ0) is 13.1. The summed E-state index contributed by atoms with van der Waals surface area (Å²) >= 11 is 0. The van der Waals surface area contributed by atoms with Gasteiger partial charge >= 0.3 is 0 Å². The standard InChI is InChI=1S/C14H17NO3/c1-3-10-6-5-7-11(4-2)14(10)15-12(16)8-18-9-13(15)17/h5-7H,3-4,8-9H2,1-2H3. The fourth-order valence-electron chi connectivity index (χ4n) is 2.25. The topological polar surface area (TPSA) is 46.6 Å². The fourth-order valence-corrected chi connectivity index (χ4v) is 2.25. The molecule has 0 unspecified atom stereocenters. The van der Waals surface area contributed by atoms with E-state index in [0.717, 1.165) is 29.7 Å². The molecule has 4 heteroatoms. The first-order valence-electron chi connectivity index (χ1n) is 6.23. The molecular weight excluding hydrogens is 230 g/mol. The Kier molecular flexibility index (Phi) is 3.77. The number of benzene rings is 1. The Morgan fingerprint density at radius 3 is 2.00 bits per heavy atom. The summed E-state index contributed by atoms with van der Waals surface area (Å²) in [6.45, 7) is 4.00. The second-order valence-electron chi connectivity index (χ2n) is 4.25. The maximum atomic E-state index is 11.9. The quantitative estimate of drug-likeness (QED) is 0.764. The van der Waals surface area contributed by atoms with E-state index in [2.05, 4.69) is 0 Å². The van der Waals surface area contributed by atoms with Crippen molar-refractivity contribution in [2.45, 2.75) is 26.7 Å². The van der Waals surface area contributed by atoms with Crippen LogP contribution in [-0.2, 0) is 27.2 Å². The molecule has 2 rings (SSSR count). The first kappa shape index (κ1) is 12.8. The highest BCUT2D eigenvalue weighted by atomic mass is 16.5. The average molecular weight is 247 g/mol. The van der Waals surface area contributed by atoms with E-state index in [1.54, 1.807) is 0 Å². The number of para-hydroxylation sites is 1. The van der Waals surface area contributed by atoms with Gasteiger partial charge < -0.3 is 4.74 Å². The molecule has 1 aliphatic rings. The minimum absolute atomic E-state index is 0.0209. The number of anilines is 1. The molecule has 0 bridgehead atoms. The maximum absolute atomic E-state index is 11.9. The highest BCUT2D eigenvalue weighted by molar-refractivity contribution is 6.17. The van der Waals surface area contributed by atoms with Crippen molar-refractivity contribution in [2.24, 2.45) is 0 Å². The predicted molar refractivity (Wildman–Crippen MR) is 68.5 cm³/mol. The van der Waals surface area contributed by atoms with Crippen LogP contribution < -0.4 is 4.90 Å². The van der Waals surface area contributed by atoms with Crippen LogP contribution in [0, 0.1) is 0 Å². The van der Waals surface area contributed by atoms with Crippen molar-refractivity contribution in [3.63, 3.8) is 0 Å². The Balaban J connectivity index is 2.53. The molecule has 1 fully saturated rings. The van der Waals surface area contributed by atoms with Crippen molar-refractivity contribution in [3.8, 4) is 0 Å². The van der Waals surface area contributed by atoms with Crippen LogP contribution in [0.3, 0.4) is 0 Å². The Morgan fingerprint density at radius 2 is 1.56 bits per heavy atom. The lowest BCUT2D eigenvalue weighted by molar-refractivity contribution is -0.138. The van der Waals surface area contributed by atoms with Gasteiger partial charge in [0.2, 0.25) is 0 Å². The normalized spacial score (nSPS) is 16.2. The van der Waals surface area contributed by atoms with Crippen LogP contribution in [0.4, 0.5) is 5.69 Å². The number of morpholine rings is 1. The van der Waals surface area contributed by atoms with Crippen molar-refractivity contribution in [1.29, 1.82) is 0 Å². The number of aryl methyl sites for hydroxylation is 2. The van der Waals surface area contributed by atoms with Gasteiger partial charge in [0.1, 0.15) is 13.2 Å². The molecule has 96 valence electrons. The molecule has 18 heavy (non-hydrogen) atoms. The van der Waals surface area contributed by atoms with E-state index in [9.17, 15) is 9.59 Å². The monoisotopic (exact) mass is 247 g/mol. The van der Waals surface area contributed by atoms with E-state index in [1.807, 2.05) is 32.0 Å². The molecule has 0 saturated carbocycles. The van der Waals surface area contributed by atoms with Gasteiger partial charge in [-0.2, -0.15) is 0 Å². The summed E-state index contributed by atoms with van der Waals surface area (Å²) in [5, 5.41) is 0. The molecule has 0 aromatic heterocycles. The van der Waals surface area contributed by atoms with Crippen LogP contribution in [-0.4, -0.2) is 25.0 Å². The minimum Gasteiger partial charge on any atom is -0.362 e. The van der Waals surface area contributed by atoms with Crippen molar-refractivity contribution in [2.75, 3.05) is 18.1 Å². The first-order chi connectivity index (χ1) is 8.69. The van der Waals surface area contributed by atoms with Gasteiger partial charge in [-0.05, 0) is 24.0 Å². The Bertz CT molecular complexity index is 444. The predicted octanol–water partition coefficient (Wildman–Crippen LogP) is 1.70. The smallest absolute Gasteiger partial charge is 0.259 e. The number of imide groups is 1. The van der Waals surface area contributed by atoms with Crippen molar-refractivity contribution in [1.82, 2.24) is 0 Å². The number of carbonyl (C=O) groups is 2.